The average Bonchev–Trinajstić information content (AvgIpc) is 2.36. The van der Waals surface area contributed by atoms with Crippen molar-refractivity contribution in [2.45, 2.75) is 52.1 Å². The van der Waals surface area contributed by atoms with Crippen LogP contribution in [0.2, 0.25) is 0 Å². The summed E-state index contributed by atoms with van der Waals surface area (Å²) in [6, 6.07) is 5.45. The molecule has 1 aliphatic rings. The van der Waals surface area contributed by atoms with Crippen LogP contribution in [-0.4, -0.2) is 13.2 Å². The SMILES string of the molecule is COc1cccc(F)c1C(C)NC1CC(C)CC(C)C1. The number of hydrogen-bond acceptors (Lipinski definition) is 2. The molecule has 0 saturated heterocycles. The molecule has 0 spiro atoms. The summed E-state index contributed by atoms with van der Waals surface area (Å²) in [6.45, 7) is 6.63. The van der Waals surface area contributed by atoms with Gasteiger partial charge in [0.05, 0.1) is 7.11 Å². The Morgan fingerprint density at radius 1 is 1.20 bits per heavy atom. The standard InChI is InChI=1S/C17H26FNO/c1-11-8-12(2)10-14(9-11)19-13(3)17-15(18)6-5-7-16(17)20-4/h5-7,11-14,19H,8-10H2,1-4H3. The van der Waals surface area contributed by atoms with Crippen molar-refractivity contribution >= 4 is 0 Å². The summed E-state index contributed by atoms with van der Waals surface area (Å²) in [7, 11) is 1.59. The Labute approximate surface area is 121 Å². The van der Waals surface area contributed by atoms with E-state index in [1.165, 1.54) is 25.3 Å². The van der Waals surface area contributed by atoms with Gasteiger partial charge in [-0.3, -0.25) is 0 Å². The van der Waals surface area contributed by atoms with E-state index < -0.39 is 0 Å². The smallest absolute Gasteiger partial charge is 0.131 e. The molecule has 1 aliphatic carbocycles. The second-order valence-electron chi connectivity index (χ2n) is 6.36. The number of ether oxygens (including phenoxy) is 1. The second kappa shape index (κ2) is 6.57. The van der Waals surface area contributed by atoms with E-state index >= 15 is 0 Å². The summed E-state index contributed by atoms with van der Waals surface area (Å²) < 4.78 is 19.4. The second-order valence-corrected chi connectivity index (χ2v) is 6.36. The number of methoxy groups -OCH3 is 1. The zero-order chi connectivity index (χ0) is 14.7. The number of nitrogens with one attached hydrogen (secondary N) is 1. The third kappa shape index (κ3) is 3.51. The molecule has 0 amide bonds. The fourth-order valence-corrected chi connectivity index (χ4v) is 3.64. The molecule has 3 heteroatoms. The van der Waals surface area contributed by atoms with Gasteiger partial charge in [0.15, 0.2) is 0 Å². The van der Waals surface area contributed by atoms with Crippen molar-refractivity contribution < 1.29 is 9.13 Å². The van der Waals surface area contributed by atoms with Gasteiger partial charge in [0.25, 0.3) is 0 Å². The lowest BCUT2D eigenvalue weighted by atomic mass is 9.80. The lowest BCUT2D eigenvalue weighted by molar-refractivity contribution is 0.226. The van der Waals surface area contributed by atoms with Crippen LogP contribution < -0.4 is 10.1 Å². The number of halogens is 1. The van der Waals surface area contributed by atoms with Gasteiger partial charge < -0.3 is 10.1 Å². The highest BCUT2D eigenvalue weighted by atomic mass is 19.1. The first-order valence-electron chi connectivity index (χ1n) is 7.59. The molecule has 0 bridgehead atoms. The Bertz CT molecular complexity index is 439. The Morgan fingerprint density at radius 3 is 2.45 bits per heavy atom. The molecule has 0 heterocycles. The minimum Gasteiger partial charge on any atom is -0.496 e. The van der Waals surface area contributed by atoms with E-state index in [-0.39, 0.29) is 11.9 Å². The molecule has 0 aliphatic heterocycles. The van der Waals surface area contributed by atoms with Crippen LogP contribution in [-0.2, 0) is 0 Å². The number of hydrogen-bond donors (Lipinski definition) is 1. The van der Waals surface area contributed by atoms with E-state index in [4.69, 9.17) is 4.74 Å². The third-order valence-corrected chi connectivity index (χ3v) is 4.33. The van der Waals surface area contributed by atoms with Crippen LogP contribution in [0.3, 0.4) is 0 Å². The lowest BCUT2D eigenvalue weighted by Crippen LogP contribution is -2.38. The van der Waals surface area contributed by atoms with Gasteiger partial charge in [0.2, 0.25) is 0 Å². The highest BCUT2D eigenvalue weighted by Gasteiger charge is 2.26. The molecule has 0 radical (unpaired) electrons. The molecule has 1 aromatic carbocycles. The number of benzene rings is 1. The van der Waals surface area contributed by atoms with E-state index in [2.05, 4.69) is 19.2 Å². The van der Waals surface area contributed by atoms with Gasteiger partial charge in [-0.25, -0.2) is 4.39 Å². The van der Waals surface area contributed by atoms with Crippen LogP contribution in [0.15, 0.2) is 18.2 Å². The summed E-state index contributed by atoms with van der Waals surface area (Å²) in [4.78, 5) is 0. The summed E-state index contributed by atoms with van der Waals surface area (Å²) in [6.07, 6.45) is 3.65. The van der Waals surface area contributed by atoms with Crippen molar-refractivity contribution in [2.24, 2.45) is 11.8 Å². The van der Waals surface area contributed by atoms with Crippen molar-refractivity contribution in [1.82, 2.24) is 5.32 Å². The first-order chi connectivity index (χ1) is 9.51. The zero-order valence-electron chi connectivity index (χ0n) is 12.9. The van der Waals surface area contributed by atoms with Crippen LogP contribution in [0, 0.1) is 17.7 Å². The predicted molar refractivity (Wildman–Crippen MR) is 80.5 cm³/mol. The molecule has 1 fully saturated rings. The minimum atomic E-state index is -0.193. The van der Waals surface area contributed by atoms with E-state index in [0.29, 0.717) is 17.4 Å². The van der Waals surface area contributed by atoms with Crippen molar-refractivity contribution in [3.63, 3.8) is 0 Å². The van der Waals surface area contributed by atoms with Crippen LogP contribution in [0.4, 0.5) is 4.39 Å². The van der Waals surface area contributed by atoms with Crippen LogP contribution in [0.25, 0.3) is 0 Å². The van der Waals surface area contributed by atoms with Gasteiger partial charge in [0.1, 0.15) is 11.6 Å². The van der Waals surface area contributed by atoms with Crippen molar-refractivity contribution in [2.75, 3.05) is 7.11 Å². The largest absolute Gasteiger partial charge is 0.496 e. The molecule has 0 aromatic heterocycles. The lowest BCUT2D eigenvalue weighted by Gasteiger charge is -2.34. The highest BCUT2D eigenvalue weighted by Crippen LogP contribution is 2.32. The van der Waals surface area contributed by atoms with Crippen LogP contribution in [0.5, 0.6) is 5.75 Å². The molecule has 1 aromatic rings. The maximum Gasteiger partial charge on any atom is 0.131 e. The maximum atomic E-state index is 14.1. The summed E-state index contributed by atoms with van der Waals surface area (Å²) in [5.74, 6) is 1.92. The van der Waals surface area contributed by atoms with Crippen LogP contribution >= 0.6 is 0 Å². The van der Waals surface area contributed by atoms with E-state index in [1.807, 2.05) is 13.0 Å². The summed E-state index contributed by atoms with van der Waals surface area (Å²) >= 11 is 0. The molecule has 3 atom stereocenters. The minimum absolute atomic E-state index is 0.0337. The predicted octanol–water partition coefficient (Wildman–Crippen LogP) is 4.31. The Balaban J connectivity index is 2.10. The fourth-order valence-electron chi connectivity index (χ4n) is 3.64. The van der Waals surface area contributed by atoms with E-state index in [0.717, 1.165) is 11.8 Å². The number of rotatable bonds is 4. The normalized spacial score (nSPS) is 28.1. The van der Waals surface area contributed by atoms with Gasteiger partial charge >= 0.3 is 0 Å². The fraction of sp³-hybridized carbons (Fsp3) is 0.647. The van der Waals surface area contributed by atoms with Gasteiger partial charge in [-0.05, 0) is 50.2 Å². The van der Waals surface area contributed by atoms with E-state index in [1.54, 1.807) is 13.2 Å². The van der Waals surface area contributed by atoms with Gasteiger partial charge in [-0.15, -0.1) is 0 Å². The van der Waals surface area contributed by atoms with Crippen LogP contribution in [0.1, 0.15) is 51.6 Å². The highest BCUT2D eigenvalue weighted by molar-refractivity contribution is 5.37. The molecule has 1 N–H and O–H groups in total. The quantitative estimate of drug-likeness (QED) is 0.886. The molecule has 2 nitrogen and oxygen atoms in total. The van der Waals surface area contributed by atoms with Gasteiger partial charge in [-0.2, -0.15) is 0 Å². The van der Waals surface area contributed by atoms with Crippen molar-refractivity contribution in [3.05, 3.63) is 29.6 Å². The topological polar surface area (TPSA) is 21.3 Å². The molecular formula is C17H26FNO. The average molecular weight is 279 g/mol. The molecule has 2 rings (SSSR count). The zero-order valence-corrected chi connectivity index (χ0v) is 12.9. The van der Waals surface area contributed by atoms with Crippen molar-refractivity contribution in [1.29, 1.82) is 0 Å². The summed E-state index contributed by atoms with van der Waals surface area (Å²) in [5, 5.41) is 3.59. The maximum absolute atomic E-state index is 14.1. The monoisotopic (exact) mass is 279 g/mol. The van der Waals surface area contributed by atoms with E-state index in [9.17, 15) is 4.39 Å². The first-order valence-corrected chi connectivity index (χ1v) is 7.59. The Hall–Kier alpha value is -1.09. The Kier molecular flexibility index (Phi) is 5.03. The summed E-state index contributed by atoms with van der Waals surface area (Å²) in [5.41, 5.74) is 0.640. The van der Waals surface area contributed by atoms with Crippen molar-refractivity contribution in [3.8, 4) is 5.75 Å². The molecule has 20 heavy (non-hydrogen) atoms. The molecule has 1 saturated carbocycles. The van der Waals surface area contributed by atoms with Gasteiger partial charge in [0, 0.05) is 17.6 Å². The van der Waals surface area contributed by atoms with Gasteiger partial charge in [-0.1, -0.05) is 19.9 Å². The first kappa shape index (κ1) is 15.3. The Morgan fingerprint density at radius 2 is 1.85 bits per heavy atom. The third-order valence-electron chi connectivity index (χ3n) is 4.33. The molecular weight excluding hydrogens is 253 g/mol. The molecule has 3 unspecified atom stereocenters. The molecule has 112 valence electrons.